The normalized spacial score (nSPS) is 11.8. The van der Waals surface area contributed by atoms with Crippen molar-refractivity contribution in [1.82, 2.24) is 4.57 Å². The second kappa shape index (κ2) is 9.53. The third-order valence-corrected chi connectivity index (χ3v) is 5.55. The fourth-order valence-electron chi connectivity index (χ4n) is 2.75. The van der Waals surface area contributed by atoms with E-state index < -0.39 is 34.4 Å². The topological polar surface area (TPSA) is 153 Å². The molecule has 0 unspecified atom stereocenters. The number of sulfonamides is 1. The molecule has 0 aliphatic rings. The van der Waals surface area contributed by atoms with E-state index in [1.165, 1.54) is 47.2 Å². The summed E-state index contributed by atoms with van der Waals surface area (Å²) in [6.45, 7) is 1.42. The first-order valence-corrected chi connectivity index (χ1v) is 10.8. The lowest BCUT2D eigenvalue weighted by atomic mass is 10.2. The average Bonchev–Trinajstić information content (AvgIpc) is 2.71. The Hall–Kier alpha value is -4.19. The lowest BCUT2D eigenvalue weighted by Gasteiger charge is -2.11. The van der Waals surface area contributed by atoms with Crippen LogP contribution >= 0.6 is 0 Å². The standard InChI is InChI=1S/C21H19FN4O6S/c1-13-2-6-16(7-3-13)33(30,31)25-20-9-5-15(11-26(20)12-19(23)27)32-14-4-8-18(17(22)10-14)24-21(28)29/h2-11,24H,12H2,1H3,(H2,23,27)(H,28,29). The zero-order valence-electron chi connectivity index (χ0n) is 17.2. The number of hydrogen-bond donors (Lipinski definition) is 3. The molecule has 0 radical (unpaired) electrons. The lowest BCUT2D eigenvalue weighted by Crippen LogP contribution is -2.28. The first kappa shape index (κ1) is 23.5. The van der Waals surface area contributed by atoms with Gasteiger partial charge in [0.15, 0.2) is 5.82 Å². The molecule has 3 aromatic rings. The van der Waals surface area contributed by atoms with E-state index >= 15 is 0 Å². The van der Waals surface area contributed by atoms with Gasteiger partial charge in [0, 0.05) is 12.3 Å². The zero-order valence-corrected chi connectivity index (χ0v) is 18.0. The highest BCUT2D eigenvalue weighted by molar-refractivity contribution is 7.90. The molecule has 2 amide bonds. The first-order valence-electron chi connectivity index (χ1n) is 9.37. The van der Waals surface area contributed by atoms with Crippen molar-refractivity contribution in [1.29, 1.82) is 0 Å². The Kier molecular flexibility index (Phi) is 6.78. The number of halogens is 1. The van der Waals surface area contributed by atoms with Crippen LogP contribution in [-0.2, 0) is 21.4 Å². The third-order valence-electron chi connectivity index (χ3n) is 4.25. The van der Waals surface area contributed by atoms with Crippen molar-refractivity contribution in [3.8, 4) is 11.5 Å². The molecular weight excluding hydrogens is 455 g/mol. The Bertz CT molecular complexity index is 1380. The van der Waals surface area contributed by atoms with E-state index in [0.717, 1.165) is 11.6 Å². The maximum atomic E-state index is 14.0. The molecule has 0 bridgehead atoms. The summed E-state index contributed by atoms with van der Waals surface area (Å²) in [4.78, 5) is 22.1. The average molecular weight is 474 g/mol. The van der Waals surface area contributed by atoms with Crippen LogP contribution in [0.4, 0.5) is 14.9 Å². The number of amides is 2. The van der Waals surface area contributed by atoms with Gasteiger partial charge in [-0.05, 0) is 43.3 Å². The molecule has 0 aliphatic carbocycles. The van der Waals surface area contributed by atoms with Crippen LogP contribution in [0.3, 0.4) is 0 Å². The van der Waals surface area contributed by atoms with E-state index in [1.54, 1.807) is 12.1 Å². The molecule has 0 aliphatic heterocycles. The van der Waals surface area contributed by atoms with Gasteiger partial charge >= 0.3 is 6.09 Å². The summed E-state index contributed by atoms with van der Waals surface area (Å²) in [5.41, 5.74) is 5.81. The number of nitrogens with two attached hydrogens (primary N) is 1. The van der Waals surface area contributed by atoms with Crippen molar-refractivity contribution in [2.45, 2.75) is 18.4 Å². The van der Waals surface area contributed by atoms with Gasteiger partial charge in [-0.3, -0.25) is 10.1 Å². The van der Waals surface area contributed by atoms with Gasteiger partial charge in [-0.2, -0.15) is 8.42 Å². The van der Waals surface area contributed by atoms with Crippen LogP contribution in [0.25, 0.3) is 0 Å². The number of benzene rings is 2. The minimum atomic E-state index is -4.07. The summed E-state index contributed by atoms with van der Waals surface area (Å²) in [5, 5.41) is 10.6. The molecule has 2 aromatic carbocycles. The van der Waals surface area contributed by atoms with Gasteiger partial charge in [0.25, 0.3) is 10.0 Å². The molecule has 0 atom stereocenters. The molecule has 4 N–H and O–H groups in total. The molecule has 0 saturated heterocycles. The molecule has 172 valence electrons. The van der Waals surface area contributed by atoms with E-state index in [0.29, 0.717) is 0 Å². The molecule has 10 nitrogen and oxygen atoms in total. The first-order chi connectivity index (χ1) is 15.5. The zero-order chi connectivity index (χ0) is 24.2. The number of primary amides is 1. The summed E-state index contributed by atoms with van der Waals surface area (Å²) in [6.07, 6.45) is -0.134. The highest BCUT2D eigenvalue weighted by Crippen LogP contribution is 2.25. The fraction of sp³-hybridized carbons (Fsp3) is 0.0952. The smallest absolute Gasteiger partial charge is 0.409 e. The van der Waals surface area contributed by atoms with Gasteiger partial charge in [-0.15, -0.1) is 4.40 Å². The van der Waals surface area contributed by atoms with Crippen LogP contribution in [0.1, 0.15) is 5.56 Å². The SMILES string of the molecule is Cc1ccc(S(=O)(=O)N=c2ccc(Oc3ccc(NC(=O)O)c(F)c3)cn2CC(N)=O)cc1. The van der Waals surface area contributed by atoms with Crippen LogP contribution < -0.4 is 21.3 Å². The van der Waals surface area contributed by atoms with Crippen LogP contribution in [0.2, 0.25) is 0 Å². The molecule has 12 heteroatoms. The van der Waals surface area contributed by atoms with Gasteiger partial charge in [-0.1, -0.05) is 17.7 Å². The molecule has 1 heterocycles. The number of nitrogens with zero attached hydrogens (tertiary/aromatic N) is 2. The molecule has 1 aromatic heterocycles. The predicted molar refractivity (Wildman–Crippen MR) is 116 cm³/mol. The van der Waals surface area contributed by atoms with Crippen molar-refractivity contribution in [3.05, 3.63) is 77.7 Å². The number of anilines is 1. The number of hydrogen-bond acceptors (Lipinski definition) is 5. The number of carbonyl (C=O) groups is 2. The van der Waals surface area contributed by atoms with Crippen LogP contribution in [-0.4, -0.2) is 30.1 Å². The van der Waals surface area contributed by atoms with Crippen molar-refractivity contribution < 1.29 is 32.2 Å². The fourth-order valence-corrected chi connectivity index (χ4v) is 3.75. The van der Waals surface area contributed by atoms with Gasteiger partial charge in [0.1, 0.15) is 23.5 Å². The van der Waals surface area contributed by atoms with Crippen molar-refractivity contribution in [2.75, 3.05) is 5.32 Å². The number of ether oxygens (including phenoxy) is 1. The summed E-state index contributed by atoms with van der Waals surface area (Å²) < 4.78 is 49.9. The van der Waals surface area contributed by atoms with Crippen LogP contribution in [0.5, 0.6) is 11.5 Å². The van der Waals surface area contributed by atoms with E-state index in [-0.39, 0.29) is 27.6 Å². The maximum absolute atomic E-state index is 14.0. The Morgan fingerprint density at radius 2 is 1.79 bits per heavy atom. The molecule has 0 fully saturated rings. The second-order valence-electron chi connectivity index (χ2n) is 6.87. The third kappa shape index (κ3) is 6.17. The van der Waals surface area contributed by atoms with E-state index in [9.17, 15) is 22.4 Å². The molecule has 0 saturated carbocycles. The summed E-state index contributed by atoms with van der Waals surface area (Å²) in [5.74, 6) is -1.46. The molecule has 3 rings (SSSR count). The van der Waals surface area contributed by atoms with E-state index in [2.05, 4.69) is 4.40 Å². The second-order valence-corrected chi connectivity index (χ2v) is 8.47. The quantitative estimate of drug-likeness (QED) is 0.478. The minimum absolute atomic E-state index is 0.0235. The monoisotopic (exact) mass is 474 g/mol. The van der Waals surface area contributed by atoms with Gasteiger partial charge in [-0.25, -0.2) is 9.18 Å². The van der Waals surface area contributed by atoms with Crippen LogP contribution in [0.15, 0.2) is 70.1 Å². The number of carbonyl (C=O) groups excluding carboxylic acids is 1. The van der Waals surface area contributed by atoms with E-state index in [1.807, 2.05) is 12.2 Å². The number of pyridine rings is 1. The molecule has 0 spiro atoms. The summed E-state index contributed by atoms with van der Waals surface area (Å²) in [6, 6.07) is 12.2. The highest BCUT2D eigenvalue weighted by atomic mass is 32.2. The van der Waals surface area contributed by atoms with Crippen molar-refractivity contribution in [2.24, 2.45) is 10.1 Å². The summed E-state index contributed by atoms with van der Waals surface area (Å²) >= 11 is 0. The summed E-state index contributed by atoms with van der Waals surface area (Å²) in [7, 11) is -4.07. The Labute approximate surface area is 187 Å². The molecular formula is C21H19FN4O6S. The van der Waals surface area contributed by atoms with Gasteiger partial charge in [0.05, 0.1) is 10.6 Å². The Morgan fingerprint density at radius 3 is 2.39 bits per heavy atom. The predicted octanol–water partition coefficient (Wildman–Crippen LogP) is 2.59. The van der Waals surface area contributed by atoms with E-state index in [4.69, 9.17) is 15.6 Å². The van der Waals surface area contributed by atoms with Crippen LogP contribution in [0, 0.1) is 12.7 Å². The maximum Gasteiger partial charge on any atom is 0.409 e. The minimum Gasteiger partial charge on any atom is -0.465 e. The number of rotatable bonds is 7. The number of aryl methyl sites for hydroxylation is 1. The van der Waals surface area contributed by atoms with Crippen molar-refractivity contribution in [3.63, 3.8) is 0 Å². The Morgan fingerprint density at radius 1 is 1.12 bits per heavy atom. The number of aromatic nitrogens is 1. The Balaban J connectivity index is 1.96. The molecule has 33 heavy (non-hydrogen) atoms. The highest BCUT2D eigenvalue weighted by Gasteiger charge is 2.14. The van der Waals surface area contributed by atoms with Crippen molar-refractivity contribution >= 4 is 27.7 Å². The number of carboxylic acid groups (broad SMARTS) is 1. The number of nitrogens with one attached hydrogen (secondary N) is 1. The van der Waals surface area contributed by atoms with Gasteiger partial charge < -0.3 is 20.1 Å². The lowest BCUT2D eigenvalue weighted by molar-refractivity contribution is -0.118. The van der Waals surface area contributed by atoms with Gasteiger partial charge in [0.2, 0.25) is 5.91 Å². The largest absolute Gasteiger partial charge is 0.465 e.